The van der Waals surface area contributed by atoms with E-state index in [1.165, 1.54) is 69.3 Å². The van der Waals surface area contributed by atoms with Crippen LogP contribution in [0.15, 0.2) is 205 Å². The van der Waals surface area contributed by atoms with E-state index in [1.807, 2.05) is 17.4 Å². The van der Waals surface area contributed by atoms with Crippen molar-refractivity contribution in [3.63, 3.8) is 0 Å². The minimum absolute atomic E-state index is 0.901. The first-order chi connectivity index (χ1) is 28.3. The molecule has 10 aromatic carbocycles. The monoisotopic (exact) mass is 743 g/mol. The first-order valence-electron chi connectivity index (χ1n) is 19.4. The number of benzene rings is 10. The summed E-state index contributed by atoms with van der Waals surface area (Å²) in [6, 6.07) is 72.9. The number of anilines is 3. The Morgan fingerprint density at radius 1 is 0.368 bits per heavy atom. The van der Waals surface area contributed by atoms with Crippen molar-refractivity contribution >= 4 is 103 Å². The summed E-state index contributed by atoms with van der Waals surface area (Å²) in [7, 11) is 0. The molecule has 3 heteroatoms. The lowest BCUT2D eigenvalue weighted by molar-refractivity contribution is 0.669. The maximum Gasteiger partial charge on any atom is 0.136 e. The molecule has 2 aromatic heterocycles. The number of hydrogen-bond acceptors (Lipinski definition) is 3. The van der Waals surface area contributed by atoms with Crippen molar-refractivity contribution in [1.82, 2.24) is 0 Å². The fourth-order valence-corrected chi connectivity index (χ4v) is 10.3. The molecule has 12 aromatic rings. The number of thiophene rings is 1. The molecule has 0 radical (unpaired) electrons. The van der Waals surface area contributed by atoms with Crippen LogP contribution in [0, 0.1) is 0 Å². The number of rotatable bonds is 5. The third-order valence-electron chi connectivity index (χ3n) is 11.6. The highest BCUT2D eigenvalue weighted by molar-refractivity contribution is 7.26. The average Bonchev–Trinajstić information content (AvgIpc) is 3.86. The van der Waals surface area contributed by atoms with E-state index in [0.717, 1.165) is 44.4 Å². The van der Waals surface area contributed by atoms with Gasteiger partial charge in [-0.1, -0.05) is 158 Å². The van der Waals surface area contributed by atoms with Gasteiger partial charge in [-0.3, -0.25) is 0 Å². The molecule has 0 amide bonds. The Morgan fingerprint density at radius 2 is 0.947 bits per heavy atom. The molecule has 2 nitrogen and oxygen atoms in total. The quantitative estimate of drug-likeness (QED) is 0.163. The van der Waals surface area contributed by atoms with Gasteiger partial charge in [-0.25, -0.2) is 0 Å². The van der Waals surface area contributed by atoms with Crippen LogP contribution in [0.4, 0.5) is 17.1 Å². The number of furan rings is 1. The van der Waals surface area contributed by atoms with Crippen LogP contribution < -0.4 is 4.90 Å². The largest absolute Gasteiger partial charge is 0.456 e. The smallest absolute Gasteiger partial charge is 0.136 e. The van der Waals surface area contributed by atoms with E-state index in [4.69, 9.17) is 4.42 Å². The van der Waals surface area contributed by atoms with Crippen LogP contribution in [-0.2, 0) is 0 Å². The van der Waals surface area contributed by atoms with Crippen molar-refractivity contribution in [3.8, 4) is 22.3 Å². The lowest BCUT2D eigenvalue weighted by Crippen LogP contribution is -2.13. The van der Waals surface area contributed by atoms with Crippen LogP contribution in [0.1, 0.15) is 0 Å². The van der Waals surface area contributed by atoms with E-state index >= 15 is 0 Å². The SMILES string of the molecule is c1ccc2c(-c3c(N(c4ccc(-c5cccc6oc7ccccc7c56)cc4)c4cccc5sc6ccccc6c45)c4ccccc4c4ccccc34)cccc2c1. The number of fused-ring (bicyclic) bond motifs is 10. The molecular formula is C54H33NOS. The summed E-state index contributed by atoms with van der Waals surface area (Å²) in [5, 5.41) is 12.2. The van der Waals surface area contributed by atoms with Crippen LogP contribution in [0.3, 0.4) is 0 Å². The van der Waals surface area contributed by atoms with E-state index in [0.29, 0.717) is 0 Å². The van der Waals surface area contributed by atoms with Gasteiger partial charge in [0, 0.05) is 47.6 Å². The van der Waals surface area contributed by atoms with Crippen LogP contribution in [-0.4, -0.2) is 0 Å². The maximum absolute atomic E-state index is 6.32. The summed E-state index contributed by atoms with van der Waals surface area (Å²) in [5.74, 6) is 0. The van der Waals surface area contributed by atoms with Crippen LogP contribution in [0.5, 0.6) is 0 Å². The molecule has 0 spiro atoms. The summed E-state index contributed by atoms with van der Waals surface area (Å²) >= 11 is 1.86. The second kappa shape index (κ2) is 12.7. The Kier molecular flexibility index (Phi) is 7.13. The van der Waals surface area contributed by atoms with Gasteiger partial charge in [-0.15, -0.1) is 11.3 Å². The molecule has 2 heterocycles. The maximum atomic E-state index is 6.32. The zero-order valence-electron chi connectivity index (χ0n) is 30.8. The van der Waals surface area contributed by atoms with E-state index in [2.05, 4.69) is 199 Å². The molecule has 0 atom stereocenters. The highest BCUT2D eigenvalue weighted by Gasteiger charge is 2.26. The zero-order valence-corrected chi connectivity index (χ0v) is 31.6. The van der Waals surface area contributed by atoms with Crippen LogP contribution in [0.25, 0.3) is 96.7 Å². The predicted molar refractivity (Wildman–Crippen MR) is 245 cm³/mol. The second-order valence-electron chi connectivity index (χ2n) is 14.7. The normalized spacial score (nSPS) is 11.9. The molecule has 0 saturated carbocycles. The molecule has 0 aliphatic heterocycles. The summed E-state index contributed by atoms with van der Waals surface area (Å²) in [5.41, 5.74) is 9.96. The Balaban J connectivity index is 1.21. The van der Waals surface area contributed by atoms with Gasteiger partial charge in [0.15, 0.2) is 0 Å². The first-order valence-corrected chi connectivity index (χ1v) is 20.2. The standard InChI is InChI=1S/C54H33NOS/c1-2-16-37-34(14-1)15-11-24-41(37)52-42-19-5-3-17-39(42)40-18-4-6-20-43(40)54(52)55(46-25-13-29-50-53(46)45-22-8-10-28-49(45)57-50)36-32-30-35(31-33-36)38-23-12-27-48-51(38)44-21-7-9-26-47(44)56-48/h1-33H. The Hall–Kier alpha value is -7.20. The van der Waals surface area contributed by atoms with Crippen molar-refractivity contribution in [1.29, 1.82) is 0 Å². The fourth-order valence-electron chi connectivity index (χ4n) is 9.21. The van der Waals surface area contributed by atoms with Crippen LogP contribution in [0.2, 0.25) is 0 Å². The summed E-state index contributed by atoms with van der Waals surface area (Å²) in [4.78, 5) is 2.55. The summed E-state index contributed by atoms with van der Waals surface area (Å²) in [6.45, 7) is 0. The van der Waals surface area contributed by atoms with Crippen molar-refractivity contribution in [2.75, 3.05) is 4.90 Å². The molecule has 12 rings (SSSR count). The lowest BCUT2D eigenvalue weighted by atomic mass is 9.87. The van der Waals surface area contributed by atoms with E-state index < -0.39 is 0 Å². The molecule has 0 aliphatic carbocycles. The van der Waals surface area contributed by atoms with Gasteiger partial charge >= 0.3 is 0 Å². The third-order valence-corrected chi connectivity index (χ3v) is 12.8. The summed E-state index contributed by atoms with van der Waals surface area (Å²) in [6.07, 6.45) is 0. The molecular weight excluding hydrogens is 711 g/mol. The van der Waals surface area contributed by atoms with Crippen LogP contribution >= 0.6 is 11.3 Å². The molecule has 266 valence electrons. The highest BCUT2D eigenvalue weighted by Crippen LogP contribution is 2.53. The van der Waals surface area contributed by atoms with Crippen molar-refractivity contribution < 1.29 is 4.42 Å². The third kappa shape index (κ3) is 4.89. The molecule has 57 heavy (non-hydrogen) atoms. The minimum Gasteiger partial charge on any atom is -0.456 e. The minimum atomic E-state index is 0.901. The number of hydrogen-bond donors (Lipinski definition) is 0. The Morgan fingerprint density at radius 3 is 1.79 bits per heavy atom. The van der Waals surface area contributed by atoms with Gasteiger partial charge in [0.25, 0.3) is 0 Å². The van der Waals surface area contributed by atoms with E-state index in [1.54, 1.807) is 0 Å². The molecule has 0 fully saturated rings. The second-order valence-corrected chi connectivity index (χ2v) is 15.8. The Bertz CT molecular complexity index is 3530. The fraction of sp³-hybridized carbons (Fsp3) is 0. The van der Waals surface area contributed by atoms with Crippen molar-refractivity contribution in [3.05, 3.63) is 200 Å². The summed E-state index contributed by atoms with van der Waals surface area (Å²) < 4.78 is 8.87. The molecule has 0 unspecified atom stereocenters. The van der Waals surface area contributed by atoms with Gasteiger partial charge in [-0.2, -0.15) is 0 Å². The van der Waals surface area contributed by atoms with Gasteiger partial charge in [0.05, 0.1) is 11.4 Å². The Labute approximate surface area is 333 Å². The predicted octanol–water partition coefficient (Wildman–Crippen LogP) is 16.2. The number of nitrogens with zero attached hydrogens (tertiary/aromatic N) is 1. The van der Waals surface area contributed by atoms with Crippen molar-refractivity contribution in [2.45, 2.75) is 0 Å². The number of para-hydroxylation sites is 1. The lowest BCUT2D eigenvalue weighted by Gasteiger charge is -2.31. The molecule has 0 saturated heterocycles. The topological polar surface area (TPSA) is 16.4 Å². The van der Waals surface area contributed by atoms with Gasteiger partial charge in [0.2, 0.25) is 0 Å². The first kappa shape index (κ1) is 32.1. The zero-order chi connectivity index (χ0) is 37.5. The highest BCUT2D eigenvalue weighted by atomic mass is 32.1. The van der Waals surface area contributed by atoms with Gasteiger partial charge in [-0.05, 0) is 86.1 Å². The van der Waals surface area contributed by atoms with E-state index in [-0.39, 0.29) is 0 Å². The van der Waals surface area contributed by atoms with Crippen molar-refractivity contribution in [2.24, 2.45) is 0 Å². The molecule has 0 aliphatic rings. The van der Waals surface area contributed by atoms with Gasteiger partial charge < -0.3 is 9.32 Å². The van der Waals surface area contributed by atoms with E-state index in [9.17, 15) is 0 Å². The average molecular weight is 744 g/mol. The van der Waals surface area contributed by atoms with Gasteiger partial charge in [0.1, 0.15) is 11.2 Å². The molecule has 0 bridgehead atoms. The molecule has 0 N–H and O–H groups in total.